The smallest absolute Gasteiger partial charge is 0.251 e. The molecule has 1 atom stereocenters. The highest BCUT2D eigenvalue weighted by Gasteiger charge is 2.31. The highest BCUT2D eigenvalue weighted by molar-refractivity contribution is 7.91. The molecular formula is C30H30FN5O4S. The number of fused-ring (bicyclic) bond motifs is 2. The zero-order valence-corrected chi connectivity index (χ0v) is 23.5. The van der Waals surface area contributed by atoms with Gasteiger partial charge < -0.3 is 15.0 Å². The minimum absolute atomic E-state index is 0.115. The van der Waals surface area contributed by atoms with Crippen LogP contribution in [0.25, 0.3) is 22.3 Å². The summed E-state index contributed by atoms with van der Waals surface area (Å²) in [4.78, 5) is 29.0. The number of nitrogens with one attached hydrogen (secondary N) is 1. The van der Waals surface area contributed by atoms with Gasteiger partial charge >= 0.3 is 0 Å². The number of nitrogens with zero attached hydrogens (tertiary/aromatic N) is 4. The predicted molar refractivity (Wildman–Crippen MR) is 153 cm³/mol. The van der Waals surface area contributed by atoms with Crippen LogP contribution >= 0.6 is 0 Å². The van der Waals surface area contributed by atoms with Gasteiger partial charge in [-0.1, -0.05) is 12.1 Å². The number of sulfone groups is 1. The number of pyridine rings is 3. The van der Waals surface area contributed by atoms with Gasteiger partial charge in [-0.05, 0) is 67.8 Å². The second-order valence-electron chi connectivity index (χ2n) is 10.8. The predicted octanol–water partition coefficient (Wildman–Crippen LogP) is 4.25. The van der Waals surface area contributed by atoms with Crippen LogP contribution in [-0.4, -0.2) is 60.4 Å². The average molecular weight is 576 g/mol. The minimum atomic E-state index is -3.52. The van der Waals surface area contributed by atoms with Crippen molar-refractivity contribution in [1.82, 2.24) is 20.3 Å². The van der Waals surface area contributed by atoms with E-state index in [9.17, 15) is 17.6 Å². The monoisotopic (exact) mass is 575 g/mol. The van der Waals surface area contributed by atoms with Crippen molar-refractivity contribution in [3.05, 3.63) is 77.6 Å². The molecule has 41 heavy (non-hydrogen) atoms. The Kier molecular flexibility index (Phi) is 7.16. The van der Waals surface area contributed by atoms with Crippen LogP contribution in [-0.2, 0) is 27.7 Å². The number of ether oxygens (including phenoxy) is 1. The number of rotatable bonds is 5. The van der Waals surface area contributed by atoms with Gasteiger partial charge in [-0.3, -0.25) is 9.78 Å². The van der Waals surface area contributed by atoms with Gasteiger partial charge in [-0.2, -0.15) is 0 Å². The van der Waals surface area contributed by atoms with Gasteiger partial charge in [0.2, 0.25) is 0 Å². The Labute approximate surface area is 237 Å². The highest BCUT2D eigenvalue weighted by atomic mass is 32.2. The molecule has 2 aliphatic heterocycles. The van der Waals surface area contributed by atoms with Crippen LogP contribution in [0.5, 0.6) is 0 Å². The van der Waals surface area contributed by atoms with E-state index in [-0.39, 0.29) is 36.0 Å². The lowest BCUT2D eigenvalue weighted by Crippen LogP contribution is -2.43. The van der Waals surface area contributed by atoms with Crippen molar-refractivity contribution in [3.63, 3.8) is 0 Å². The van der Waals surface area contributed by atoms with Crippen LogP contribution in [0.4, 0.5) is 10.2 Å². The number of amides is 1. The molecule has 0 aliphatic carbocycles. The Morgan fingerprint density at radius 1 is 1.12 bits per heavy atom. The molecule has 2 aliphatic rings. The van der Waals surface area contributed by atoms with Crippen molar-refractivity contribution in [2.45, 2.75) is 43.5 Å². The minimum Gasteiger partial charge on any atom is -0.376 e. The lowest BCUT2D eigenvalue weighted by atomic mass is 9.97. The quantitative estimate of drug-likeness (QED) is 0.376. The normalized spacial score (nSPS) is 20.3. The van der Waals surface area contributed by atoms with E-state index < -0.39 is 21.4 Å². The summed E-state index contributed by atoms with van der Waals surface area (Å²) < 4.78 is 45.1. The lowest BCUT2D eigenvalue weighted by molar-refractivity contribution is 0.0950. The first kappa shape index (κ1) is 27.2. The summed E-state index contributed by atoms with van der Waals surface area (Å²) in [6.07, 6.45) is 3.03. The molecule has 4 aromatic rings. The summed E-state index contributed by atoms with van der Waals surface area (Å²) in [6.45, 7) is 3.17. The standard InChI is InChI=1S/C30H30FN5O4S/c1-30(31)10-3-11-36(19-30)28-5-2-4-24(35-28)25-9-8-21-16-32-23(15-26(21)34-25)17-33-29(37)20-6-7-22-18-40-12-13-41(38,39)27(22)14-20/h2,4-9,14-16H,3,10-13,17-19H2,1H3,(H,33,37)/t30-/m0/s1. The van der Waals surface area contributed by atoms with Crippen LogP contribution in [0.1, 0.15) is 41.4 Å². The van der Waals surface area contributed by atoms with Gasteiger partial charge in [-0.15, -0.1) is 0 Å². The molecular weight excluding hydrogens is 545 g/mol. The summed E-state index contributed by atoms with van der Waals surface area (Å²) in [5, 5.41) is 3.66. The van der Waals surface area contributed by atoms with Crippen LogP contribution in [0.3, 0.4) is 0 Å². The summed E-state index contributed by atoms with van der Waals surface area (Å²) in [5.74, 6) is 0.208. The van der Waals surface area contributed by atoms with Crippen molar-refractivity contribution in [3.8, 4) is 11.4 Å². The summed E-state index contributed by atoms with van der Waals surface area (Å²) in [7, 11) is -3.52. The maximum Gasteiger partial charge on any atom is 0.251 e. The summed E-state index contributed by atoms with van der Waals surface area (Å²) in [6, 6.07) is 15.9. The van der Waals surface area contributed by atoms with Crippen molar-refractivity contribution in [2.75, 3.05) is 30.3 Å². The van der Waals surface area contributed by atoms with Crippen molar-refractivity contribution < 1.29 is 22.3 Å². The number of hydrogen-bond donors (Lipinski definition) is 1. The number of aromatic nitrogens is 3. The van der Waals surface area contributed by atoms with Crippen LogP contribution in [0.2, 0.25) is 0 Å². The Hall–Kier alpha value is -3.96. The van der Waals surface area contributed by atoms with E-state index in [1.54, 1.807) is 31.3 Å². The molecule has 9 nitrogen and oxygen atoms in total. The van der Waals surface area contributed by atoms with E-state index in [2.05, 4.69) is 10.3 Å². The second-order valence-corrected chi connectivity index (χ2v) is 12.8. The lowest BCUT2D eigenvalue weighted by Gasteiger charge is -2.36. The third-order valence-electron chi connectivity index (χ3n) is 7.45. The maximum absolute atomic E-state index is 14.6. The number of hydrogen-bond acceptors (Lipinski definition) is 8. The molecule has 212 valence electrons. The van der Waals surface area contributed by atoms with E-state index in [0.29, 0.717) is 41.1 Å². The Morgan fingerprint density at radius 2 is 1.98 bits per heavy atom. The Morgan fingerprint density at radius 3 is 2.83 bits per heavy atom. The number of benzene rings is 1. The number of alkyl halides is 1. The molecule has 1 fully saturated rings. The molecule has 1 amide bonds. The fourth-order valence-electron chi connectivity index (χ4n) is 5.27. The van der Waals surface area contributed by atoms with Crippen LogP contribution in [0.15, 0.2) is 65.7 Å². The van der Waals surface area contributed by atoms with Crippen molar-refractivity contribution in [1.29, 1.82) is 0 Å². The Balaban J connectivity index is 1.19. The molecule has 11 heteroatoms. The molecule has 1 aromatic carbocycles. The van der Waals surface area contributed by atoms with Crippen molar-refractivity contribution in [2.24, 2.45) is 0 Å². The van der Waals surface area contributed by atoms with Crippen molar-refractivity contribution >= 4 is 32.5 Å². The van der Waals surface area contributed by atoms with E-state index >= 15 is 0 Å². The summed E-state index contributed by atoms with van der Waals surface area (Å²) >= 11 is 0. The Bertz CT molecular complexity index is 1740. The number of piperidine rings is 1. The fraction of sp³-hybridized carbons (Fsp3) is 0.333. The average Bonchev–Trinajstić information content (AvgIpc) is 3.12. The molecule has 6 rings (SSSR count). The number of halogens is 1. The van der Waals surface area contributed by atoms with Gasteiger partial charge in [0, 0.05) is 23.7 Å². The van der Waals surface area contributed by atoms with Crippen LogP contribution < -0.4 is 10.2 Å². The molecule has 0 radical (unpaired) electrons. The third kappa shape index (κ3) is 5.91. The molecule has 3 aromatic heterocycles. The second kappa shape index (κ2) is 10.8. The SMILES string of the molecule is C[C@]1(F)CCCN(c2cccc(-c3ccc4cnc(CNC(=O)c5ccc6c(c5)S(=O)(=O)CCOC6)cc4n3)n2)C1. The molecule has 0 spiro atoms. The molecule has 0 saturated carbocycles. The topological polar surface area (TPSA) is 114 Å². The van der Waals surface area contributed by atoms with Gasteiger partial charge in [0.05, 0.1) is 59.6 Å². The molecule has 0 unspecified atom stereocenters. The third-order valence-corrected chi connectivity index (χ3v) is 9.20. The number of anilines is 1. The number of carbonyl (C=O) groups excluding carboxylic acids is 1. The van der Waals surface area contributed by atoms with E-state index in [1.807, 2.05) is 35.2 Å². The molecule has 1 saturated heterocycles. The van der Waals surface area contributed by atoms with E-state index in [4.69, 9.17) is 14.7 Å². The highest BCUT2D eigenvalue weighted by Crippen LogP contribution is 2.29. The van der Waals surface area contributed by atoms with Crippen LogP contribution in [0, 0.1) is 0 Å². The largest absolute Gasteiger partial charge is 0.376 e. The first-order chi connectivity index (χ1) is 19.7. The van der Waals surface area contributed by atoms with Gasteiger partial charge in [0.25, 0.3) is 5.91 Å². The zero-order chi connectivity index (χ0) is 28.6. The van der Waals surface area contributed by atoms with E-state index in [1.165, 1.54) is 6.07 Å². The molecule has 5 heterocycles. The first-order valence-electron chi connectivity index (χ1n) is 13.6. The van der Waals surface area contributed by atoms with Gasteiger partial charge in [0.15, 0.2) is 9.84 Å². The molecule has 1 N–H and O–H groups in total. The van der Waals surface area contributed by atoms with Gasteiger partial charge in [0.1, 0.15) is 11.5 Å². The zero-order valence-electron chi connectivity index (χ0n) is 22.6. The molecule has 0 bridgehead atoms. The summed E-state index contributed by atoms with van der Waals surface area (Å²) in [5.41, 5.74) is 2.23. The van der Waals surface area contributed by atoms with E-state index in [0.717, 1.165) is 24.2 Å². The number of carbonyl (C=O) groups is 1. The maximum atomic E-state index is 14.6. The first-order valence-corrected chi connectivity index (χ1v) is 15.2. The fourth-order valence-corrected chi connectivity index (χ4v) is 6.66. The van der Waals surface area contributed by atoms with Gasteiger partial charge in [-0.25, -0.2) is 22.8 Å².